The molecular weight excluding hydrogens is 462 g/mol. The van der Waals surface area contributed by atoms with Crippen LogP contribution in [0, 0.1) is 0 Å². The average Bonchev–Trinajstić information content (AvgIpc) is 2.82. The van der Waals surface area contributed by atoms with Gasteiger partial charge in [-0.3, -0.25) is 0 Å². The van der Waals surface area contributed by atoms with Crippen molar-refractivity contribution in [2.45, 2.75) is 18.0 Å². The highest BCUT2D eigenvalue weighted by molar-refractivity contribution is 7.92. The number of halogens is 1. The number of nitrogens with zero attached hydrogens (tertiary/aromatic N) is 1. The minimum Gasteiger partial charge on any atom is -0.492 e. The molecule has 0 amide bonds. The van der Waals surface area contributed by atoms with Crippen LogP contribution in [0.15, 0.2) is 83.8 Å². The van der Waals surface area contributed by atoms with Crippen molar-refractivity contribution in [3.63, 3.8) is 0 Å². The van der Waals surface area contributed by atoms with Crippen molar-refractivity contribution >= 4 is 33.0 Å². The van der Waals surface area contributed by atoms with E-state index in [9.17, 15) is 8.42 Å². The third kappa shape index (κ3) is 6.61. The Hall–Kier alpha value is -2.78. The van der Waals surface area contributed by atoms with Gasteiger partial charge in [-0.25, -0.2) is 12.7 Å². The number of para-hydroxylation sites is 3. The molecule has 0 bridgehead atoms. The molecular formula is C24H28ClN3O4S. The molecule has 176 valence electrons. The first-order valence-electron chi connectivity index (χ1n) is 10.6. The van der Waals surface area contributed by atoms with Gasteiger partial charge in [0, 0.05) is 18.1 Å². The maximum Gasteiger partial charge on any atom is 0.266 e. The quantitative estimate of drug-likeness (QED) is 0.290. The fourth-order valence-electron chi connectivity index (χ4n) is 3.23. The van der Waals surface area contributed by atoms with E-state index in [1.54, 1.807) is 31.2 Å². The van der Waals surface area contributed by atoms with Gasteiger partial charge in [0.2, 0.25) is 0 Å². The maximum atomic E-state index is 13.6. The topological polar surface area (TPSA) is 93.9 Å². The van der Waals surface area contributed by atoms with Crippen LogP contribution in [0.25, 0.3) is 0 Å². The van der Waals surface area contributed by atoms with E-state index in [4.69, 9.17) is 26.8 Å². The van der Waals surface area contributed by atoms with Crippen LogP contribution in [0.4, 0.5) is 11.4 Å². The Balaban J connectivity index is 1.86. The average molecular weight is 490 g/mol. The zero-order chi connectivity index (χ0) is 23.7. The molecule has 0 saturated carbocycles. The first-order chi connectivity index (χ1) is 15.9. The lowest BCUT2D eigenvalue weighted by molar-refractivity contribution is 0.0802. The van der Waals surface area contributed by atoms with Crippen molar-refractivity contribution in [2.75, 3.05) is 35.9 Å². The number of nitrogens with one attached hydrogen (secondary N) is 1. The number of nitrogens with two attached hydrogens (primary N) is 1. The van der Waals surface area contributed by atoms with Gasteiger partial charge in [0.1, 0.15) is 18.6 Å². The van der Waals surface area contributed by atoms with Gasteiger partial charge in [0.25, 0.3) is 10.0 Å². The van der Waals surface area contributed by atoms with E-state index in [2.05, 4.69) is 5.32 Å². The summed E-state index contributed by atoms with van der Waals surface area (Å²) < 4.78 is 40.0. The van der Waals surface area contributed by atoms with Gasteiger partial charge in [0.05, 0.1) is 22.9 Å². The molecule has 0 saturated heterocycles. The Kier molecular flexibility index (Phi) is 8.96. The van der Waals surface area contributed by atoms with Crippen LogP contribution in [0.2, 0.25) is 5.02 Å². The number of rotatable bonds is 12. The second-order valence-electron chi connectivity index (χ2n) is 7.12. The first-order valence-corrected chi connectivity index (χ1v) is 12.4. The van der Waals surface area contributed by atoms with Gasteiger partial charge in [-0.2, -0.15) is 0 Å². The summed E-state index contributed by atoms with van der Waals surface area (Å²) in [6.45, 7) is 3.04. The standard InChI is InChI=1S/C24H28ClN3O4S/c1-19(31-17-15-26)28(33(29,30)22-13-11-20(25)12-14-22)24-10-6-5-9-23(24)27-16-18-32-21-7-3-2-4-8-21/h2-14,19,27H,15-18,26H2,1H3. The Morgan fingerprint density at radius 3 is 2.33 bits per heavy atom. The molecule has 1 atom stereocenters. The first kappa shape index (κ1) is 24.9. The van der Waals surface area contributed by atoms with E-state index in [1.807, 2.05) is 42.5 Å². The number of ether oxygens (including phenoxy) is 2. The van der Waals surface area contributed by atoms with Crippen molar-refractivity contribution in [2.24, 2.45) is 5.73 Å². The molecule has 3 N–H and O–H groups in total. The molecule has 0 radical (unpaired) electrons. The second-order valence-corrected chi connectivity index (χ2v) is 9.37. The van der Waals surface area contributed by atoms with Gasteiger partial charge in [-0.15, -0.1) is 0 Å². The SMILES string of the molecule is CC(OCCN)N(c1ccccc1NCCOc1ccccc1)S(=O)(=O)c1ccc(Cl)cc1. The van der Waals surface area contributed by atoms with Gasteiger partial charge < -0.3 is 20.5 Å². The van der Waals surface area contributed by atoms with E-state index in [0.29, 0.717) is 29.5 Å². The Bertz CT molecular complexity index is 1110. The largest absolute Gasteiger partial charge is 0.492 e. The summed E-state index contributed by atoms with van der Waals surface area (Å²) in [5.41, 5.74) is 6.67. The summed E-state index contributed by atoms with van der Waals surface area (Å²) in [6, 6.07) is 22.7. The van der Waals surface area contributed by atoms with E-state index < -0.39 is 16.3 Å². The van der Waals surface area contributed by atoms with Crippen molar-refractivity contribution in [1.82, 2.24) is 0 Å². The minimum absolute atomic E-state index is 0.109. The minimum atomic E-state index is -3.96. The lowest BCUT2D eigenvalue weighted by atomic mass is 10.2. The molecule has 0 aliphatic heterocycles. The van der Waals surface area contributed by atoms with Crippen molar-refractivity contribution in [1.29, 1.82) is 0 Å². The third-order valence-corrected chi connectivity index (χ3v) is 6.88. The highest BCUT2D eigenvalue weighted by Crippen LogP contribution is 2.33. The summed E-state index contributed by atoms with van der Waals surface area (Å²) in [5, 5.41) is 3.73. The lowest BCUT2D eigenvalue weighted by Gasteiger charge is -2.32. The van der Waals surface area contributed by atoms with Crippen LogP contribution < -0.4 is 20.1 Å². The molecule has 3 rings (SSSR count). The zero-order valence-electron chi connectivity index (χ0n) is 18.4. The third-order valence-electron chi connectivity index (χ3n) is 4.75. The van der Waals surface area contributed by atoms with Gasteiger partial charge >= 0.3 is 0 Å². The van der Waals surface area contributed by atoms with Gasteiger partial charge in [-0.05, 0) is 55.5 Å². The number of sulfonamides is 1. The van der Waals surface area contributed by atoms with Crippen LogP contribution in [0.3, 0.4) is 0 Å². The highest BCUT2D eigenvalue weighted by atomic mass is 35.5. The molecule has 3 aromatic rings. The number of hydrogen-bond acceptors (Lipinski definition) is 6. The van der Waals surface area contributed by atoms with E-state index in [0.717, 1.165) is 5.75 Å². The molecule has 9 heteroatoms. The molecule has 0 aliphatic rings. The second kappa shape index (κ2) is 11.9. The van der Waals surface area contributed by atoms with Gasteiger partial charge in [0.15, 0.2) is 0 Å². The monoisotopic (exact) mass is 489 g/mol. The summed E-state index contributed by atoms with van der Waals surface area (Å²) >= 11 is 5.96. The summed E-state index contributed by atoms with van der Waals surface area (Å²) in [7, 11) is -3.96. The summed E-state index contributed by atoms with van der Waals surface area (Å²) in [6.07, 6.45) is -0.794. The van der Waals surface area contributed by atoms with E-state index in [1.165, 1.54) is 16.4 Å². The normalized spacial score (nSPS) is 12.2. The molecule has 0 spiro atoms. The summed E-state index contributed by atoms with van der Waals surface area (Å²) in [5.74, 6) is 0.767. The van der Waals surface area contributed by atoms with Crippen molar-refractivity contribution in [3.05, 3.63) is 83.9 Å². The predicted octanol–water partition coefficient (Wildman–Crippen LogP) is 4.35. The van der Waals surface area contributed by atoms with Crippen molar-refractivity contribution < 1.29 is 17.9 Å². The Labute approximate surface area is 200 Å². The zero-order valence-corrected chi connectivity index (χ0v) is 19.9. The van der Waals surface area contributed by atoms with Crippen LogP contribution in [-0.4, -0.2) is 40.9 Å². The van der Waals surface area contributed by atoms with Crippen LogP contribution >= 0.6 is 11.6 Å². The molecule has 33 heavy (non-hydrogen) atoms. The Morgan fingerprint density at radius 1 is 0.970 bits per heavy atom. The molecule has 0 heterocycles. The summed E-state index contributed by atoms with van der Waals surface area (Å²) in [4.78, 5) is 0.109. The molecule has 0 aromatic heterocycles. The molecule has 0 fully saturated rings. The van der Waals surface area contributed by atoms with Gasteiger partial charge in [-0.1, -0.05) is 41.9 Å². The Morgan fingerprint density at radius 2 is 1.64 bits per heavy atom. The number of anilines is 2. The van der Waals surface area contributed by atoms with Crippen LogP contribution in [-0.2, 0) is 14.8 Å². The fraction of sp³-hybridized carbons (Fsp3) is 0.250. The maximum absolute atomic E-state index is 13.6. The van der Waals surface area contributed by atoms with Crippen LogP contribution in [0.5, 0.6) is 5.75 Å². The molecule has 3 aromatic carbocycles. The van der Waals surface area contributed by atoms with E-state index in [-0.39, 0.29) is 18.0 Å². The molecule has 0 aliphatic carbocycles. The lowest BCUT2D eigenvalue weighted by Crippen LogP contribution is -2.41. The predicted molar refractivity (Wildman–Crippen MR) is 132 cm³/mol. The number of hydrogen-bond donors (Lipinski definition) is 2. The van der Waals surface area contributed by atoms with Crippen LogP contribution in [0.1, 0.15) is 6.92 Å². The highest BCUT2D eigenvalue weighted by Gasteiger charge is 2.31. The molecule has 1 unspecified atom stereocenters. The molecule has 7 nitrogen and oxygen atoms in total. The van der Waals surface area contributed by atoms with E-state index >= 15 is 0 Å². The smallest absolute Gasteiger partial charge is 0.266 e. The fourth-order valence-corrected chi connectivity index (χ4v) is 4.94. The number of benzene rings is 3. The van der Waals surface area contributed by atoms with Crippen molar-refractivity contribution in [3.8, 4) is 5.75 Å².